The van der Waals surface area contributed by atoms with Crippen molar-refractivity contribution in [1.82, 2.24) is 0 Å². The molecule has 1 heterocycles. The molecule has 5 heteroatoms. The Morgan fingerprint density at radius 3 is 2.62 bits per heavy atom. The van der Waals surface area contributed by atoms with Crippen molar-refractivity contribution in [2.45, 2.75) is 6.04 Å². The molecule has 1 aliphatic rings. The van der Waals surface area contributed by atoms with Crippen LogP contribution in [0.4, 0.5) is 8.78 Å². The van der Waals surface area contributed by atoms with Gasteiger partial charge in [-0.15, -0.1) is 0 Å². The third-order valence-corrected chi connectivity index (χ3v) is 2.31. The van der Waals surface area contributed by atoms with Gasteiger partial charge in [0.2, 0.25) is 5.90 Å². The van der Waals surface area contributed by atoms with E-state index in [-0.39, 0.29) is 0 Å². The summed E-state index contributed by atoms with van der Waals surface area (Å²) in [6, 6.07) is 2.92. The summed E-state index contributed by atoms with van der Waals surface area (Å²) in [5, 5.41) is 0. The first-order valence-electron chi connectivity index (χ1n) is 4.83. The zero-order chi connectivity index (χ0) is 11.5. The van der Waals surface area contributed by atoms with E-state index in [4.69, 9.17) is 9.47 Å². The van der Waals surface area contributed by atoms with Crippen LogP contribution in [0.5, 0.6) is 0 Å². The average Bonchev–Trinajstić information content (AvgIpc) is 2.28. The molecule has 0 bridgehead atoms. The Balaban J connectivity index is 2.29. The maximum absolute atomic E-state index is 13.0. The molecule has 0 N–H and O–H groups in total. The van der Waals surface area contributed by atoms with Crippen LogP contribution in [0.2, 0.25) is 0 Å². The molecule has 0 aromatic heterocycles. The highest BCUT2D eigenvalue weighted by Crippen LogP contribution is 2.22. The molecule has 0 spiro atoms. The predicted octanol–water partition coefficient (Wildman–Crippen LogP) is 2.08. The van der Waals surface area contributed by atoms with Gasteiger partial charge in [0.05, 0.1) is 13.7 Å². The van der Waals surface area contributed by atoms with Gasteiger partial charge in [-0.05, 0) is 17.7 Å². The summed E-state index contributed by atoms with van der Waals surface area (Å²) in [6.07, 6.45) is 0. The smallest absolute Gasteiger partial charge is 0.210 e. The van der Waals surface area contributed by atoms with Crippen LogP contribution >= 0.6 is 0 Å². The molecule has 16 heavy (non-hydrogen) atoms. The van der Waals surface area contributed by atoms with Crippen LogP contribution in [0.3, 0.4) is 0 Å². The second kappa shape index (κ2) is 4.57. The average molecular weight is 227 g/mol. The second-order valence-electron chi connectivity index (χ2n) is 3.46. The fourth-order valence-corrected chi connectivity index (χ4v) is 1.56. The lowest BCUT2D eigenvalue weighted by Crippen LogP contribution is -2.22. The molecule has 2 rings (SSSR count). The number of ether oxygens (including phenoxy) is 2. The van der Waals surface area contributed by atoms with Crippen molar-refractivity contribution in [3.05, 3.63) is 35.4 Å². The molecule has 1 aliphatic heterocycles. The fourth-order valence-electron chi connectivity index (χ4n) is 1.56. The van der Waals surface area contributed by atoms with Crippen molar-refractivity contribution < 1.29 is 18.3 Å². The van der Waals surface area contributed by atoms with Crippen LogP contribution in [0.25, 0.3) is 0 Å². The molecule has 1 aromatic rings. The summed E-state index contributed by atoms with van der Waals surface area (Å²) < 4.78 is 36.2. The van der Waals surface area contributed by atoms with Crippen molar-refractivity contribution in [2.75, 3.05) is 20.3 Å². The number of methoxy groups -OCH3 is 1. The van der Waals surface area contributed by atoms with Crippen molar-refractivity contribution in [1.29, 1.82) is 0 Å². The number of halogens is 2. The minimum absolute atomic E-state index is 0.296. The van der Waals surface area contributed by atoms with Gasteiger partial charge < -0.3 is 9.47 Å². The van der Waals surface area contributed by atoms with Gasteiger partial charge in [-0.2, -0.15) is 0 Å². The summed E-state index contributed by atoms with van der Waals surface area (Å²) in [6.45, 7) is 0.598. The number of aliphatic imine (C=N–C) groups is 1. The maximum atomic E-state index is 13.0. The fraction of sp³-hybridized carbons (Fsp3) is 0.364. The van der Waals surface area contributed by atoms with Gasteiger partial charge in [0.25, 0.3) is 0 Å². The van der Waals surface area contributed by atoms with Gasteiger partial charge in [0.15, 0.2) is 0 Å². The number of benzene rings is 1. The lowest BCUT2D eigenvalue weighted by atomic mass is 10.1. The van der Waals surface area contributed by atoms with E-state index in [2.05, 4.69) is 4.99 Å². The van der Waals surface area contributed by atoms with E-state index in [1.54, 1.807) is 0 Å². The molecule has 0 amide bonds. The molecular weight excluding hydrogens is 216 g/mol. The Bertz CT molecular complexity index is 400. The first-order chi connectivity index (χ1) is 7.69. The molecule has 0 aliphatic carbocycles. The summed E-state index contributed by atoms with van der Waals surface area (Å²) in [7, 11) is 1.48. The van der Waals surface area contributed by atoms with Crippen molar-refractivity contribution in [2.24, 2.45) is 4.99 Å². The third kappa shape index (κ3) is 2.36. The highest BCUT2D eigenvalue weighted by atomic mass is 19.1. The SMILES string of the molecule is COC1=NC(c2cc(F)cc(F)c2)COC1. The summed E-state index contributed by atoms with van der Waals surface area (Å²) in [5.74, 6) is -0.801. The first kappa shape index (κ1) is 11.0. The molecule has 0 radical (unpaired) electrons. The van der Waals surface area contributed by atoms with Gasteiger partial charge in [0.1, 0.15) is 24.3 Å². The van der Waals surface area contributed by atoms with E-state index < -0.39 is 17.7 Å². The van der Waals surface area contributed by atoms with E-state index >= 15 is 0 Å². The molecule has 0 saturated heterocycles. The summed E-state index contributed by atoms with van der Waals surface area (Å²) in [5.41, 5.74) is 0.451. The van der Waals surface area contributed by atoms with Crippen molar-refractivity contribution in [3.8, 4) is 0 Å². The topological polar surface area (TPSA) is 30.8 Å². The molecular formula is C11H11F2NO2. The van der Waals surface area contributed by atoms with Crippen molar-refractivity contribution >= 4 is 5.90 Å². The molecule has 1 atom stereocenters. The van der Waals surface area contributed by atoms with Gasteiger partial charge in [-0.1, -0.05) is 0 Å². The Labute approximate surface area is 91.7 Å². The molecule has 3 nitrogen and oxygen atoms in total. The Morgan fingerprint density at radius 2 is 2.00 bits per heavy atom. The van der Waals surface area contributed by atoms with Crippen LogP contribution in [-0.2, 0) is 9.47 Å². The van der Waals surface area contributed by atoms with Crippen LogP contribution in [0.1, 0.15) is 11.6 Å². The number of hydrogen-bond donors (Lipinski definition) is 0. The number of nitrogens with zero attached hydrogens (tertiary/aromatic N) is 1. The maximum Gasteiger partial charge on any atom is 0.210 e. The van der Waals surface area contributed by atoms with Gasteiger partial charge in [0, 0.05) is 6.07 Å². The lowest BCUT2D eigenvalue weighted by molar-refractivity contribution is 0.125. The summed E-state index contributed by atoms with van der Waals surface area (Å²) >= 11 is 0. The monoisotopic (exact) mass is 227 g/mol. The van der Waals surface area contributed by atoms with Crippen LogP contribution < -0.4 is 0 Å². The summed E-state index contributed by atoms with van der Waals surface area (Å²) in [4.78, 5) is 4.19. The van der Waals surface area contributed by atoms with Gasteiger partial charge >= 0.3 is 0 Å². The van der Waals surface area contributed by atoms with Gasteiger partial charge in [-0.3, -0.25) is 0 Å². The minimum atomic E-state index is -0.616. The number of hydrogen-bond acceptors (Lipinski definition) is 3. The highest BCUT2D eigenvalue weighted by molar-refractivity contribution is 5.78. The molecule has 86 valence electrons. The Morgan fingerprint density at radius 1 is 1.31 bits per heavy atom. The Kier molecular flexibility index (Phi) is 3.14. The van der Waals surface area contributed by atoms with E-state index in [9.17, 15) is 8.78 Å². The zero-order valence-electron chi connectivity index (χ0n) is 8.74. The Hall–Kier alpha value is -1.49. The van der Waals surface area contributed by atoms with Crippen molar-refractivity contribution in [3.63, 3.8) is 0 Å². The number of rotatable bonds is 1. The zero-order valence-corrected chi connectivity index (χ0v) is 8.74. The standard InChI is InChI=1S/C11H11F2NO2/c1-15-11-6-16-5-10(14-11)7-2-8(12)4-9(13)3-7/h2-4,10H,5-6H2,1H3. The molecule has 1 aromatic carbocycles. The quantitative estimate of drug-likeness (QED) is 0.735. The highest BCUT2D eigenvalue weighted by Gasteiger charge is 2.19. The van der Waals surface area contributed by atoms with Crippen LogP contribution in [0.15, 0.2) is 23.2 Å². The first-order valence-corrected chi connectivity index (χ1v) is 4.83. The van der Waals surface area contributed by atoms with Crippen LogP contribution in [0, 0.1) is 11.6 Å². The molecule has 0 fully saturated rings. The second-order valence-corrected chi connectivity index (χ2v) is 3.46. The van der Waals surface area contributed by atoms with E-state index in [0.717, 1.165) is 6.07 Å². The largest absolute Gasteiger partial charge is 0.483 e. The van der Waals surface area contributed by atoms with Crippen LogP contribution in [-0.4, -0.2) is 26.2 Å². The normalized spacial score (nSPS) is 20.4. The lowest BCUT2D eigenvalue weighted by Gasteiger charge is -2.20. The minimum Gasteiger partial charge on any atom is -0.483 e. The van der Waals surface area contributed by atoms with E-state index in [0.29, 0.717) is 24.7 Å². The molecule has 1 unspecified atom stereocenters. The van der Waals surface area contributed by atoms with E-state index in [1.165, 1.54) is 19.2 Å². The van der Waals surface area contributed by atoms with E-state index in [1.807, 2.05) is 0 Å². The molecule has 0 saturated carbocycles. The van der Waals surface area contributed by atoms with Gasteiger partial charge in [-0.25, -0.2) is 13.8 Å². The predicted molar refractivity (Wildman–Crippen MR) is 54.4 cm³/mol. The third-order valence-electron chi connectivity index (χ3n) is 2.31.